The first-order valence-electron chi connectivity index (χ1n) is 9.96. The molecule has 4 rings (SSSR count). The zero-order chi connectivity index (χ0) is 21.8. The quantitative estimate of drug-likeness (QED) is 0.782. The first-order chi connectivity index (χ1) is 15.0. The number of nitrogens with zero attached hydrogens (tertiary/aromatic N) is 2. The Kier molecular flexibility index (Phi) is 6.13. The number of carbonyl (C=O) groups is 3. The number of hydrogen-bond acceptors (Lipinski definition) is 5. The highest BCUT2D eigenvalue weighted by atomic mass is 19.1. The van der Waals surface area contributed by atoms with E-state index in [1.807, 2.05) is 30.3 Å². The Morgan fingerprint density at radius 3 is 2.55 bits per heavy atom. The van der Waals surface area contributed by atoms with Crippen molar-refractivity contribution in [2.45, 2.75) is 18.7 Å². The third-order valence-electron chi connectivity index (χ3n) is 5.25. The smallest absolute Gasteiger partial charge is 0.410 e. The minimum Gasteiger partial charge on any atom is -0.410 e. The maximum atomic E-state index is 13.0. The minimum atomic E-state index is -0.785. The van der Waals surface area contributed by atoms with Crippen LogP contribution in [0, 0.1) is 5.82 Å². The number of ether oxygens (including phenoxy) is 2. The molecule has 2 fully saturated rings. The van der Waals surface area contributed by atoms with Crippen LogP contribution >= 0.6 is 0 Å². The summed E-state index contributed by atoms with van der Waals surface area (Å²) in [5, 5.41) is 2.69. The van der Waals surface area contributed by atoms with E-state index >= 15 is 0 Å². The van der Waals surface area contributed by atoms with Gasteiger partial charge in [0, 0.05) is 13.1 Å². The van der Waals surface area contributed by atoms with Gasteiger partial charge >= 0.3 is 6.09 Å². The van der Waals surface area contributed by atoms with Crippen LogP contribution < -0.4 is 10.1 Å². The molecule has 0 bridgehead atoms. The Morgan fingerprint density at radius 1 is 1.06 bits per heavy atom. The molecule has 31 heavy (non-hydrogen) atoms. The fourth-order valence-electron chi connectivity index (χ4n) is 3.62. The number of nitrogens with one attached hydrogen (secondary N) is 1. The molecule has 2 aromatic carbocycles. The van der Waals surface area contributed by atoms with Crippen LogP contribution in [-0.2, 0) is 20.9 Å². The molecule has 3 amide bonds. The zero-order valence-corrected chi connectivity index (χ0v) is 16.7. The number of fused-ring (bicyclic) bond motifs is 1. The van der Waals surface area contributed by atoms with Crippen LogP contribution in [0.3, 0.4) is 0 Å². The molecule has 0 aromatic heterocycles. The lowest BCUT2D eigenvalue weighted by Gasteiger charge is -2.44. The van der Waals surface area contributed by atoms with E-state index in [2.05, 4.69) is 5.32 Å². The monoisotopic (exact) mass is 427 g/mol. The van der Waals surface area contributed by atoms with E-state index in [1.54, 1.807) is 0 Å². The number of piperazine rings is 2. The van der Waals surface area contributed by atoms with E-state index < -0.39 is 24.0 Å². The normalized spacial score (nSPS) is 20.8. The average molecular weight is 427 g/mol. The van der Waals surface area contributed by atoms with Crippen LogP contribution in [0.2, 0.25) is 0 Å². The van der Waals surface area contributed by atoms with Crippen LogP contribution in [0.4, 0.5) is 9.18 Å². The molecule has 0 aliphatic carbocycles. The molecule has 2 heterocycles. The van der Waals surface area contributed by atoms with Crippen molar-refractivity contribution in [2.75, 3.05) is 26.2 Å². The summed E-state index contributed by atoms with van der Waals surface area (Å²) in [6, 6.07) is 13.1. The standard InChI is InChI=1S/C22H22FN3O5/c23-16-6-8-17(9-7-16)31-22(29)25-10-11-26-19(12-25)20(27)24-18(21(26)28)14-30-13-15-4-2-1-3-5-15/h1-9,18-19H,10-14H2,(H,24,27)/t18-,19+/m0/s1. The van der Waals surface area contributed by atoms with Gasteiger partial charge in [0.2, 0.25) is 11.8 Å². The van der Waals surface area contributed by atoms with E-state index in [0.717, 1.165) is 5.56 Å². The summed E-state index contributed by atoms with van der Waals surface area (Å²) < 4.78 is 23.8. The van der Waals surface area contributed by atoms with Crippen molar-refractivity contribution in [1.82, 2.24) is 15.1 Å². The third-order valence-corrected chi connectivity index (χ3v) is 5.25. The van der Waals surface area contributed by atoms with E-state index in [0.29, 0.717) is 6.61 Å². The second kappa shape index (κ2) is 9.13. The number of amides is 3. The molecule has 2 aliphatic heterocycles. The van der Waals surface area contributed by atoms with Crippen molar-refractivity contribution >= 4 is 17.9 Å². The van der Waals surface area contributed by atoms with Gasteiger partial charge in [0.15, 0.2) is 0 Å². The zero-order valence-electron chi connectivity index (χ0n) is 16.7. The van der Waals surface area contributed by atoms with Crippen molar-refractivity contribution in [3.05, 3.63) is 66.0 Å². The summed E-state index contributed by atoms with van der Waals surface area (Å²) in [6.07, 6.45) is -0.653. The van der Waals surface area contributed by atoms with Gasteiger partial charge in [-0.1, -0.05) is 30.3 Å². The summed E-state index contributed by atoms with van der Waals surface area (Å²) in [6.45, 7) is 0.874. The van der Waals surface area contributed by atoms with Crippen LogP contribution in [0.25, 0.3) is 0 Å². The van der Waals surface area contributed by atoms with E-state index in [-0.39, 0.29) is 43.8 Å². The first kappa shape index (κ1) is 20.8. The second-order valence-electron chi connectivity index (χ2n) is 7.38. The summed E-state index contributed by atoms with van der Waals surface area (Å²) >= 11 is 0. The van der Waals surface area contributed by atoms with Gasteiger partial charge in [0.25, 0.3) is 0 Å². The summed E-state index contributed by atoms with van der Waals surface area (Å²) in [5.41, 5.74) is 0.975. The molecule has 0 radical (unpaired) electrons. The highest BCUT2D eigenvalue weighted by Gasteiger charge is 2.44. The van der Waals surface area contributed by atoms with Gasteiger partial charge in [-0.05, 0) is 29.8 Å². The minimum absolute atomic E-state index is 0.0230. The topological polar surface area (TPSA) is 88.2 Å². The van der Waals surface area contributed by atoms with Crippen molar-refractivity contribution in [2.24, 2.45) is 0 Å². The summed E-state index contributed by atoms with van der Waals surface area (Å²) in [7, 11) is 0. The Labute approximate surface area is 178 Å². The van der Waals surface area contributed by atoms with Crippen molar-refractivity contribution in [1.29, 1.82) is 0 Å². The molecule has 2 atom stereocenters. The first-order valence-corrected chi connectivity index (χ1v) is 9.96. The SMILES string of the molecule is O=C1N[C@@H](COCc2ccccc2)C(=O)N2CCN(C(=O)Oc3ccc(F)cc3)C[C@H]12. The fourth-order valence-corrected chi connectivity index (χ4v) is 3.62. The van der Waals surface area contributed by atoms with E-state index in [4.69, 9.17) is 9.47 Å². The van der Waals surface area contributed by atoms with Gasteiger partial charge < -0.3 is 24.6 Å². The van der Waals surface area contributed by atoms with Gasteiger partial charge in [-0.25, -0.2) is 9.18 Å². The van der Waals surface area contributed by atoms with Crippen LogP contribution in [-0.4, -0.2) is 66.0 Å². The number of halogens is 1. The summed E-state index contributed by atoms with van der Waals surface area (Å²) in [4.78, 5) is 40.7. The molecule has 2 aromatic rings. The van der Waals surface area contributed by atoms with Crippen LogP contribution in [0.5, 0.6) is 5.75 Å². The Hall–Kier alpha value is -3.46. The second-order valence-corrected chi connectivity index (χ2v) is 7.38. The van der Waals surface area contributed by atoms with Gasteiger partial charge in [-0.3, -0.25) is 9.59 Å². The lowest BCUT2D eigenvalue weighted by atomic mass is 10.0. The van der Waals surface area contributed by atoms with Gasteiger partial charge in [-0.2, -0.15) is 0 Å². The molecule has 8 nitrogen and oxygen atoms in total. The average Bonchev–Trinajstić information content (AvgIpc) is 2.79. The maximum absolute atomic E-state index is 13.0. The lowest BCUT2D eigenvalue weighted by Crippen LogP contribution is -2.70. The van der Waals surface area contributed by atoms with Crippen molar-refractivity contribution in [3.8, 4) is 5.75 Å². The van der Waals surface area contributed by atoms with Gasteiger partial charge in [0.1, 0.15) is 23.7 Å². The molecule has 2 saturated heterocycles. The Balaban J connectivity index is 1.31. The molecule has 0 unspecified atom stereocenters. The molecule has 2 aliphatic rings. The van der Waals surface area contributed by atoms with Crippen molar-refractivity contribution < 1.29 is 28.2 Å². The molecular weight excluding hydrogens is 405 g/mol. The Bertz CT molecular complexity index is 953. The maximum Gasteiger partial charge on any atom is 0.415 e. The number of benzene rings is 2. The van der Waals surface area contributed by atoms with Crippen molar-refractivity contribution in [3.63, 3.8) is 0 Å². The molecule has 162 valence electrons. The van der Waals surface area contributed by atoms with E-state index in [1.165, 1.54) is 34.1 Å². The van der Waals surface area contributed by atoms with Gasteiger partial charge in [0.05, 0.1) is 19.8 Å². The number of rotatable bonds is 5. The van der Waals surface area contributed by atoms with Crippen LogP contribution in [0.1, 0.15) is 5.56 Å². The highest BCUT2D eigenvalue weighted by molar-refractivity contribution is 5.97. The van der Waals surface area contributed by atoms with E-state index in [9.17, 15) is 18.8 Å². The molecule has 0 saturated carbocycles. The fraction of sp³-hybridized carbons (Fsp3) is 0.318. The molecule has 0 spiro atoms. The predicted molar refractivity (Wildman–Crippen MR) is 108 cm³/mol. The van der Waals surface area contributed by atoms with Crippen LogP contribution in [0.15, 0.2) is 54.6 Å². The summed E-state index contributed by atoms with van der Waals surface area (Å²) in [5.74, 6) is -0.807. The Morgan fingerprint density at radius 2 is 1.81 bits per heavy atom. The molecular formula is C22H22FN3O5. The molecule has 1 N–H and O–H groups in total. The lowest BCUT2D eigenvalue weighted by molar-refractivity contribution is -0.154. The number of hydrogen-bond donors (Lipinski definition) is 1. The largest absolute Gasteiger partial charge is 0.415 e. The number of carbonyl (C=O) groups excluding carboxylic acids is 3. The predicted octanol–water partition coefficient (Wildman–Crippen LogP) is 1.55. The third kappa shape index (κ3) is 4.83. The molecule has 9 heteroatoms. The highest BCUT2D eigenvalue weighted by Crippen LogP contribution is 2.19. The van der Waals surface area contributed by atoms with Gasteiger partial charge in [-0.15, -0.1) is 0 Å².